The van der Waals surface area contributed by atoms with Gasteiger partial charge in [0.25, 0.3) is 5.91 Å². The summed E-state index contributed by atoms with van der Waals surface area (Å²) in [5.74, 6) is 0.839. The lowest BCUT2D eigenvalue weighted by atomic mass is 9.53. The topological polar surface area (TPSA) is 98.5 Å². The molecule has 0 spiro atoms. The van der Waals surface area contributed by atoms with Gasteiger partial charge in [0, 0.05) is 11.1 Å². The van der Waals surface area contributed by atoms with Gasteiger partial charge in [0.1, 0.15) is 0 Å². The van der Waals surface area contributed by atoms with Crippen LogP contribution in [0, 0.1) is 17.8 Å². The van der Waals surface area contributed by atoms with Crippen LogP contribution in [-0.4, -0.2) is 29.4 Å². The Morgan fingerprint density at radius 3 is 1.96 bits per heavy atom. The summed E-state index contributed by atoms with van der Waals surface area (Å²) in [5, 5.41) is 3.23. The van der Waals surface area contributed by atoms with Crippen LogP contribution in [0.3, 0.4) is 0 Å². The third-order valence-corrected chi connectivity index (χ3v) is 6.48. The second kappa shape index (κ2) is 6.66. The van der Waals surface area contributed by atoms with E-state index in [4.69, 9.17) is 10.5 Å². The van der Waals surface area contributed by atoms with Gasteiger partial charge in [-0.3, -0.25) is 9.59 Å². The predicted octanol–water partition coefficient (Wildman–Crippen LogP) is 2.42. The molecule has 6 nitrogen and oxygen atoms in total. The number of hydrogen-bond donors (Lipinski definition) is 2. The van der Waals surface area contributed by atoms with Crippen LogP contribution >= 0.6 is 0 Å². The first kappa shape index (κ1) is 18.0. The molecule has 3 N–H and O–H groups in total. The number of carbonyl (C=O) groups excluding carboxylic acids is 3. The zero-order chi connectivity index (χ0) is 19.2. The molecular weight excluding hydrogens is 344 g/mol. The number of esters is 1. The quantitative estimate of drug-likeness (QED) is 0.778. The van der Waals surface area contributed by atoms with E-state index < -0.39 is 18.0 Å². The molecule has 0 unspecified atom stereocenters. The molecule has 2 amide bonds. The lowest BCUT2D eigenvalue weighted by Gasteiger charge is -2.57. The number of hydrogen-bond acceptors (Lipinski definition) is 4. The van der Waals surface area contributed by atoms with Crippen molar-refractivity contribution in [2.75, 3.05) is 0 Å². The number of nitrogens with one attached hydrogen (secondary N) is 1. The number of carbonyl (C=O) groups is 3. The molecule has 0 saturated heterocycles. The Morgan fingerprint density at radius 1 is 1.00 bits per heavy atom. The van der Waals surface area contributed by atoms with Crippen LogP contribution in [0.25, 0.3) is 0 Å². The largest absolute Gasteiger partial charge is 0.449 e. The minimum Gasteiger partial charge on any atom is -0.449 e. The Hall–Kier alpha value is -2.37. The van der Waals surface area contributed by atoms with Crippen LogP contribution in [-0.2, 0) is 9.53 Å². The van der Waals surface area contributed by atoms with Crippen LogP contribution < -0.4 is 11.1 Å². The van der Waals surface area contributed by atoms with Crippen LogP contribution in [0.5, 0.6) is 0 Å². The Bertz CT molecular complexity index is 736. The zero-order valence-electron chi connectivity index (χ0n) is 15.6. The van der Waals surface area contributed by atoms with Gasteiger partial charge in [-0.05, 0) is 87.5 Å². The second-order valence-corrected chi connectivity index (χ2v) is 8.68. The number of amides is 2. The fourth-order valence-corrected chi connectivity index (χ4v) is 5.68. The Balaban J connectivity index is 1.36. The second-order valence-electron chi connectivity index (χ2n) is 8.68. The average molecular weight is 370 g/mol. The molecule has 0 aromatic heterocycles. The number of rotatable bonds is 5. The maximum atomic E-state index is 12.7. The SMILES string of the molecule is C[C@H](OC(=O)c1ccc(C(N)=O)cc1)C(=O)NC12CC3CC(CC(C3)C1)C2. The van der Waals surface area contributed by atoms with Crippen LogP contribution in [0.2, 0.25) is 0 Å². The summed E-state index contributed by atoms with van der Waals surface area (Å²) < 4.78 is 5.35. The third-order valence-electron chi connectivity index (χ3n) is 6.48. The summed E-state index contributed by atoms with van der Waals surface area (Å²) in [4.78, 5) is 36.1. The highest BCUT2D eigenvalue weighted by Crippen LogP contribution is 2.55. The van der Waals surface area contributed by atoms with E-state index in [1.807, 2.05) is 0 Å². The summed E-state index contributed by atoms with van der Waals surface area (Å²) in [7, 11) is 0. The Morgan fingerprint density at radius 2 is 1.48 bits per heavy atom. The fourth-order valence-electron chi connectivity index (χ4n) is 5.68. The van der Waals surface area contributed by atoms with Crippen molar-refractivity contribution in [2.24, 2.45) is 23.5 Å². The fraction of sp³-hybridized carbons (Fsp3) is 0.571. The van der Waals surface area contributed by atoms with Crippen LogP contribution in [0.15, 0.2) is 24.3 Å². The van der Waals surface area contributed by atoms with Gasteiger partial charge >= 0.3 is 5.97 Å². The molecule has 4 bridgehead atoms. The summed E-state index contributed by atoms with van der Waals surface area (Å²) in [5.41, 5.74) is 5.70. The van der Waals surface area contributed by atoms with Gasteiger partial charge < -0.3 is 15.8 Å². The average Bonchev–Trinajstić information content (AvgIpc) is 2.60. The van der Waals surface area contributed by atoms with Crippen molar-refractivity contribution in [1.82, 2.24) is 5.32 Å². The van der Waals surface area contributed by atoms with Crippen molar-refractivity contribution in [3.63, 3.8) is 0 Å². The van der Waals surface area contributed by atoms with Crippen molar-refractivity contribution < 1.29 is 19.1 Å². The highest BCUT2D eigenvalue weighted by atomic mass is 16.5. The lowest BCUT2D eigenvalue weighted by molar-refractivity contribution is -0.134. The van der Waals surface area contributed by atoms with E-state index in [1.54, 1.807) is 6.92 Å². The molecule has 1 aromatic rings. The van der Waals surface area contributed by atoms with Gasteiger partial charge in [-0.2, -0.15) is 0 Å². The minimum atomic E-state index is -0.860. The van der Waals surface area contributed by atoms with E-state index in [0.717, 1.165) is 37.0 Å². The molecular formula is C21H26N2O4. The van der Waals surface area contributed by atoms with Gasteiger partial charge in [0.2, 0.25) is 5.91 Å². The molecule has 4 saturated carbocycles. The number of benzene rings is 1. The maximum Gasteiger partial charge on any atom is 0.338 e. The Kier molecular flexibility index (Phi) is 4.44. The monoisotopic (exact) mass is 370 g/mol. The summed E-state index contributed by atoms with van der Waals surface area (Å²) in [6.45, 7) is 1.60. The van der Waals surface area contributed by atoms with Crippen LogP contribution in [0.1, 0.15) is 66.2 Å². The molecule has 5 rings (SSSR count). The minimum absolute atomic E-state index is 0.102. The molecule has 1 aromatic carbocycles. The zero-order valence-corrected chi connectivity index (χ0v) is 15.6. The van der Waals surface area contributed by atoms with Gasteiger partial charge in [0.15, 0.2) is 6.10 Å². The number of ether oxygens (including phenoxy) is 1. The van der Waals surface area contributed by atoms with Crippen molar-refractivity contribution in [2.45, 2.75) is 57.1 Å². The summed E-state index contributed by atoms with van der Waals surface area (Å²) in [6, 6.07) is 5.90. The highest BCUT2D eigenvalue weighted by Gasteiger charge is 2.51. The van der Waals surface area contributed by atoms with Gasteiger partial charge in [-0.15, -0.1) is 0 Å². The molecule has 4 fully saturated rings. The van der Waals surface area contributed by atoms with Crippen LogP contribution in [0.4, 0.5) is 0 Å². The van der Waals surface area contributed by atoms with Crippen molar-refractivity contribution in [1.29, 1.82) is 0 Å². The van der Waals surface area contributed by atoms with E-state index in [9.17, 15) is 14.4 Å². The molecule has 4 aliphatic carbocycles. The van der Waals surface area contributed by atoms with E-state index in [1.165, 1.54) is 43.5 Å². The molecule has 0 heterocycles. The molecule has 144 valence electrons. The van der Waals surface area contributed by atoms with E-state index in [-0.39, 0.29) is 17.0 Å². The predicted molar refractivity (Wildman–Crippen MR) is 98.9 cm³/mol. The third kappa shape index (κ3) is 3.57. The first-order chi connectivity index (χ1) is 12.8. The maximum absolute atomic E-state index is 12.7. The molecule has 1 atom stereocenters. The summed E-state index contributed by atoms with van der Waals surface area (Å²) >= 11 is 0. The lowest BCUT2D eigenvalue weighted by Crippen LogP contribution is -2.61. The highest BCUT2D eigenvalue weighted by molar-refractivity contribution is 5.96. The van der Waals surface area contributed by atoms with Gasteiger partial charge in [0.05, 0.1) is 5.56 Å². The first-order valence-electron chi connectivity index (χ1n) is 9.76. The van der Waals surface area contributed by atoms with Gasteiger partial charge in [-0.25, -0.2) is 4.79 Å². The number of primary amides is 1. The normalized spacial score (nSPS) is 32.0. The smallest absolute Gasteiger partial charge is 0.338 e. The summed E-state index contributed by atoms with van der Waals surface area (Å²) in [6.07, 6.45) is 6.23. The molecule has 4 aliphatic rings. The van der Waals surface area contributed by atoms with Crippen molar-refractivity contribution >= 4 is 17.8 Å². The van der Waals surface area contributed by atoms with Crippen molar-refractivity contribution in [3.05, 3.63) is 35.4 Å². The Labute approximate surface area is 158 Å². The number of nitrogens with two attached hydrogens (primary N) is 1. The molecule has 0 aliphatic heterocycles. The molecule has 27 heavy (non-hydrogen) atoms. The van der Waals surface area contributed by atoms with Crippen molar-refractivity contribution in [3.8, 4) is 0 Å². The molecule has 6 heteroatoms. The van der Waals surface area contributed by atoms with Gasteiger partial charge in [-0.1, -0.05) is 0 Å². The van der Waals surface area contributed by atoms with E-state index >= 15 is 0 Å². The van der Waals surface area contributed by atoms with E-state index in [0.29, 0.717) is 5.56 Å². The molecule has 0 radical (unpaired) electrons. The first-order valence-corrected chi connectivity index (χ1v) is 9.76. The van der Waals surface area contributed by atoms with E-state index in [2.05, 4.69) is 5.32 Å². The standard InChI is InChI=1S/C21H26N2O4/c1-12(27-20(26)17-4-2-16(3-5-17)18(22)24)19(25)23-21-9-13-6-14(10-21)8-15(7-13)11-21/h2-5,12-15H,6-11H2,1H3,(H2,22,24)(H,23,25)/t12-,13?,14?,15?,21?/m0/s1.